The largest absolute Gasteiger partial charge is 0.366 e. The average Bonchev–Trinajstić information content (AvgIpc) is 3.05. The Morgan fingerprint density at radius 2 is 1.73 bits per heavy atom. The van der Waals surface area contributed by atoms with Crippen LogP contribution in [0.15, 0.2) is 59.8 Å². The molecule has 3 rings (SSSR count). The molecule has 130 valence electrons. The molecular weight excluding hydrogens is 334 g/mol. The normalized spacial score (nSPS) is 10.8. The summed E-state index contributed by atoms with van der Waals surface area (Å²) in [6.45, 7) is 0. The number of H-pyrrole nitrogens is 1. The van der Waals surface area contributed by atoms with Crippen LogP contribution < -0.4 is 16.5 Å². The van der Waals surface area contributed by atoms with E-state index in [9.17, 15) is 14.4 Å². The zero-order chi connectivity index (χ0) is 18.5. The van der Waals surface area contributed by atoms with E-state index >= 15 is 0 Å². The van der Waals surface area contributed by atoms with E-state index in [1.807, 2.05) is 24.3 Å². The predicted molar refractivity (Wildman–Crippen MR) is 97.6 cm³/mol. The highest BCUT2D eigenvalue weighted by atomic mass is 16.2. The Labute approximate surface area is 148 Å². The van der Waals surface area contributed by atoms with Gasteiger partial charge >= 0.3 is 11.8 Å². The summed E-state index contributed by atoms with van der Waals surface area (Å²) >= 11 is 0. The molecule has 3 aromatic rings. The van der Waals surface area contributed by atoms with Crippen LogP contribution in [0.4, 0.5) is 5.69 Å². The second-order valence-corrected chi connectivity index (χ2v) is 5.38. The Hall–Kier alpha value is -3.94. The molecule has 0 spiro atoms. The number of para-hydroxylation sites is 1. The Morgan fingerprint density at radius 1 is 1.00 bits per heavy atom. The number of anilines is 1. The van der Waals surface area contributed by atoms with Crippen LogP contribution in [0, 0.1) is 0 Å². The number of rotatable bonds is 4. The van der Waals surface area contributed by atoms with Gasteiger partial charge in [-0.1, -0.05) is 18.2 Å². The lowest BCUT2D eigenvalue weighted by molar-refractivity contribution is -0.136. The van der Waals surface area contributed by atoms with Crippen LogP contribution in [0.25, 0.3) is 10.9 Å². The minimum absolute atomic E-state index is 0.302. The van der Waals surface area contributed by atoms with Crippen molar-refractivity contribution in [3.63, 3.8) is 0 Å². The Morgan fingerprint density at radius 3 is 2.46 bits per heavy atom. The number of hydrazone groups is 1. The molecular formula is C18H15N5O3. The summed E-state index contributed by atoms with van der Waals surface area (Å²) in [4.78, 5) is 37.7. The van der Waals surface area contributed by atoms with Crippen molar-refractivity contribution < 1.29 is 14.4 Å². The van der Waals surface area contributed by atoms with Crippen molar-refractivity contribution in [2.24, 2.45) is 10.8 Å². The molecule has 8 nitrogen and oxygen atoms in total. The number of carbonyl (C=O) groups excluding carboxylic acids is 3. The van der Waals surface area contributed by atoms with Crippen LogP contribution >= 0.6 is 0 Å². The maximum Gasteiger partial charge on any atom is 0.329 e. The van der Waals surface area contributed by atoms with Gasteiger partial charge in [0.25, 0.3) is 0 Å². The molecule has 1 aromatic heterocycles. The topological polar surface area (TPSA) is 129 Å². The van der Waals surface area contributed by atoms with Crippen molar-refractivity contribution in [3.05, 3.63) is 65.9 Å². The van der Waals surface area contributed by atoms with E-state index in [2.05, 4.69) is 20.8 Å². The third-order valence-electron chi connectivity index (χ3n) is 3.62. The van der Waals surface area contributed by atoms with E-state index in [1.54, 1.807) is 6.20 Å². The van der Waals surface area contributed by atoms with E-state index in [4.69, 9.17) is 5.73 Å². The van der Waals surface area contributed by atoms with Gasteiger partial charge in [0.1, 0.15) is 0 Å². The number of aromatic amines is 1. The molecule has 3 amide bonds. The molecule has 0 aliphatic rings. The summed E-state index contributed by atoms with van der Waals surface area (Å²) in [5, 5.41) is 7.14. The number of amides is 3. The lowest BCUT2D eigenvalue weighted by Gasteiger charge is -2.04. The van der Waals surface area contributed by atoms with E-state index in [-0.39, 0.29) is 0 Å². The summed E-state index contributed by atoms with van der Waals surface area (Å²) in [5.74, 6) is -2.37. The molecule has 0 saturated heterocycles. The van der Waals surface area contributed by atoms with Crippen molar-refractivity contribution in [2.75, 3.05) is 5.32 Å². The number of primary amides is 1. The average molecular weight is 349 g/mol. The number of nitrogens with one attached hydrogen (secondary N) is 3. The number of hydrogen-bond donors (Lipinski definition) is 4. The lowest BCUT2D eigenvalue weighted by Crippen LogP contribution is -2.32. The van der Waals surface area contributed by atoms with Gasteiger partial charge in [-0.2, -0.15) is 5.10 Å². The molecule has 0 aliphatic heterocycles. The summed E-state index contributed by atoms with van der Waals surface area (Å²) in [6, 6.07) is 13.5. The maximum absolute atomic E-state index is 11.8. The SMILES string of the molecule is NC(=O)c1ccc(NC(=O)C(=O)NN=Cc2c[nH]c3ccccc23)cc1. The maximum atomic E-state index is 11.8. The first kappa shape index (κ1) is 16.9. The Kier molecular flexibility index (Phi) is 4.75. The highest BCUT2D eigenvalue weighted by molar-refractivity contribution is 6.39. The van der Waals surface area contributed by atoms with Gasteiger partial charge < -0.3 is 16.0 Å². The van der Waals surface area contributed by atoms with Gasteiger partial charge in [0.15, 0.2) is 0 Å². The summed E-state index contributed by atoms with van der Waals surface area (Å²) in [7, 11) is 0. The van der Waals surface area contributed by atoms with E-state index in [0.29, 0.717) is 11.3 Å². The number of carbonyl (C=O) groups is 3. The van der Waals surface area contributed by atoms with Gasteiger partial charge in [-0.3, -0.25) is 14.4 Å². The van der Waals surface area contributed by atoms with E-state index < -0.39 is 17.7 Å². The van der Waals surface area contributed by atoms with Gasteiger partial charge in [-0.25, -0.2) is 5.43 Å². The predicted octanol–water partition coefficient (Wildman–Crippen LogP) is 1.36. The van der Waals surface area contributed by atoms with Crippen molar-refractivity contribution in [1.29, 1.82) is 0 Å². The number of nitrogens with zero attached hydrogens (tertiary/aromatic N) is 1. The molecule has 0 bridgehead atoms. The van der Waals surface area contributed by atoms with Crippen molar-refractivity contribution in [1.82, 2.24) is 10.4 Å². The molecule has 26 heavy (non-hydrogen) atoms. The van der Waals surface area contributed by atoms with Crippen LogP contribution in [-0.4, -0.2) is 28.9 Å². The van der Waals surface area contributed by atoms with E-state index in [0.717, 1.165) is 16.5 Å². The van der Waals surface area contributed by atoms with Gasteiger partial charge in [-0.05, 0) is 30.3 Å². The molecule has 0 saturated carbocycles. The Bertz CT molecular complexity index is 1010. The second kappa shape index (κ2) is 7.31. The fourth-order valence-electron chi connectivity index (χ4n) is 2.32. The van der Waals surface area contributed by atoms with Gasteiger partial charge in [0.05, 0.1) is 6.21 Å². The van der Waals surface area contributed by atoms with Crippen LogP contribution in [0.1, 0.15) is 15.9 Å². The minimum atomic E-state index is -0.917. The number of fused-ring (bicyclic) bond motifs is 1. The molecule has 0 atom stereocenters. The molecule has 0 radical (unpaired) electrons. The fraction of sp³-hybridized carbons (Fsp3) is 0. The summed E-state index contributed by atoms with van der Waals surface area (Å²) in [6.07, 6.45) is 3.20. The first-order chi connectivity index (χ1) is 12.5. The molecule has 1 heterocycles. The number of aromatic nitrogens is 1. The number of nitrogens with two attached hydrogens (primary N) is 1. The zero-order valence-corrected chi connectivity index (χ0v) is 13.5. The monoisotopic (exact) mass is 349 g/mol. The zero-order valence-electron chi connectivity index (χ0n) is 13.5. The minimum Gasteiger partial charge on any atom is -0.366 e. The molecule has 5 N–H and O–H groups in total. The highest BCUT2D eigenvalue weighted by Crippen LogP contribution is 2.15. The van der Waals surface area contributed by atoms with Crippen LogP contribution in [0.3, 0.4) is 0 Å². The summed E-state index contributed by atoms with van der Waals surface area (Å²) in [5.41, 5.74) is 9.68. The lowest BCUT2D eigenvalue weighted by atomic mass is 10.2. The van der Waals surface area contributed by atoms with Crippen LogP contribution in [0.2, 0.25) is 0 Å². The highest BCUT2D eigenvalue weighted by Gasteiger charge is 2.13. The van der Waals surface area contributed by atoms with Crippen LogP contribution in [-0.2, 0) is 9.59 Å². The van der Waals surface area contributed by atoms with Crippen molar-refractivity contribution in [2.45, 2.75) is 0 Å². The third kappa shape index (κ3) is 3.75. The fourth-order valence-corrected chi connectivity index (χ4v) is 2.32. The quantitative estimate of drug-likeness (QED) is 0.322. The molecule has 2 aromatic carbocycles. The standard InChI is InChI=1S/C18H15N5O3/c19-16(24)11-5-7-13(8-6-11)22-17(25)18(26)23-21-10-12-9-20-15-4-2-1-3-14(12)15/h1-10,20H,(H2,19,24)(H,22,25)(H,23,26). The second-order valence-electron chi connectivity index (χ2n) is 5.38. The molecule has 0 unspecified atom stereocenters. The number of hydrogen-bond acceptors (Lipinski definition) is 4. The first-order valence-corrected chi connectivity index (χ1v) is 7.65. The van der Waals surface area contributed by atoms with Gasteiger partial charge in [0, 0.05) is 33.9 Å². The van der Waals surface area contributed by atoms with Crippen molar-refractivity contribution in [3.8, 4) is 0 Å². The molecule has 8 heteroatoms. The molecule has 0 fully saturated rings. The van der Waals surface area contributed by atoms with Crippen molar-refractivity contribution >= 4 is 40.5 Å². The number of benzene rings is 2. The molecule has 0 aliphatic carbocycles. The van der Waals surface area contributed by atoms with Crippen LogP contribution in [0.5, 0.6) is 0 Å². The van der Waals surface area contributed by atoms with Gasteiger partial charge in [0.2, 0.25) is 5.91 Å². The summed E-state index contributed by atoms with van der Waals surface area (Å²) < 4.78 is 0. The van der Waals surface area contributed by atoms with E-state index in [1.165, 1.54) is 30.5 Å². The van der Waals surface area contributed by atoms with Gasteiger partial charge in [-0.15, -0.1) is 0 Å². The third-order valence-corrected chi connectivity index (χ3v) is 3.62. The first-order valence-electron chi connectivity index (χ1n) is 7.65. The Balaban J connectivity index is 1.59. The smallest absolute Gasteiger partial charge is 0.329 e.